The van der Waals surface area contributed by atoms with Gasteiger partial charge in [-0.15, -0.1) is 0 Å². The van der Waals surface area contributed by atoms with Crippen LogP contribution in [0.3, 0.4) is 0 Å². The van der Waals surface area contributed by atoms with Gasteiger partial charge in [-0.2, -0.15) is 0 Å². The summed E-state index contributed by atoms with van der Waals surface area (Å²) in [7, 11) is -3.36. The average molecular weight is 425 g/mol. The smallest absolute Gasteiger partial charge is 0.213 e. The van der Waals surface area contributed by atoms with Crippen molar-refractivity contribution in [2.45, 2.75) is 44.8 Å². The number of guanidine groups is 1. The van der Waals surface area contributed by atoms with Crippen molar-refractivity contribution < 1.29 is 17.9 Å². The van der Waals surface area contributed by atoms with Gasteiger partial charge in [0.2, 0.25) is 10.0 Å². The van der Waals surface area contributed by atoms with Gasteiger partial charge in [-0.05, 0) is 37.8 Å². The van der Waals surface area contributed by atoms with Gasteiger partial charge in [0.25, 0.3) is 0 Å². The quantitative estimate of drug-likeness (QED) is 0.404. The maximum atomic E-state index is 12.2. The molecule has 2 heterocycles. The number of fused-ring (bicyclic) bond motifs is 1. The first kappa shape index (κ1) is 21.9. The van der Waals surface area contributed by atoms with Crippen LogP contribution in [0.5, 0.6) is 5.75 Å². The Morgan fingerprint density at radius 2 is 2.07 bits per heavy atom. The zero-order valence-corrected chi connectivity index (χ0v) is 17.8. The average Bonchev–Trinajstić information content (AvgIpc) is 3.14. The van der Waals surface area contributed by atoms with E-state index in [0.717, 1.165) is 31.4 Å². The highest BCUT2D eigenvalue weighted by atomic mass is 32.2. The van der Waals surface area contributed by atoms with Gasteiger partial charge in [0.15, 0.2) is 5.96 Å². The number of ether oxygens (including phenoxy) is 2. The molecule has 3 rings (SSSR count). The van der Waals surface area contributed by atoms with Crippen molar-refractivity contribution in [2.75, 3.05) is 38.5 Å². The first-order chi connectivity index (χ1) is 14.1. The Bertz CT molecular complexity index is 753. The van der Waals surface area contributed by atoms with Crippen molar-refractivity contribution in [1.82, 2.24) is 15.4 Å². The molecule has 2 unspecified atom stereocenters. The number of hydrogen-bond acceptors (Lipinski definition) is 5. The second kappa shape index (κ2) is 10.8. The molecule has 8 nitrogen and oxygen atoms in total. The molecule has 162 valence electrons. The topological polar surface area (TPSA) is 101 Å². The molecular formula is C20H32N4O4S. The van der Waals surface area contributed by atoms with Crippen LogP contribution in [0.25, 0.3) is 0 Å². The molecule has 1 saturated heterocycles. The van der Waals surface area contributed by atoms with Crippen molar-refractivity contribution in [3.63, 3.8) is 0 Å². The molecule has 0 radical (unpaired) electrons. The van der Waals surface area contributed by atoms with Gasteiger partial charge >= 0.3 is 0 Å². The minimum Gasteiger partial charge on any atom is -0.488 e. The fourth-order valence-corrected chi connectivity index (χ4v) is 4.41. The summed E-state index contributed by atoms with van der Waals surface area (Å²) >= 11 is 0. The van der Waals surface area contributed by atoms with Crippen molar-refractivity contribution in [3.05, 3.63) is 29.8 Å². The number of hydrogen-bond donors (Lipinski definition) is 3. The van der Waals surface area contributed by atoms with Crippen molar-refractivity contribution in [2.24, 2.45) is 4.99 Å². The van der Waals surface area contributed by atoms with E-state index in [1.807, 2.05) is 25.1 Å². The summed E-state index contributed by atoms with van der Waals surface area (Å²) in [6, 6.07) is 8.01. The molecule has 3 N–H and O–H groups in total. The van der Waals surface area contributed by atoms with Gasteiger partial charge in [0.1, 0.15) is 11.9 Å². The lowest BCUT2D eigenvalue weighted by Crippen LogP contribution is -2.43. The normalized spacial score (nSPS) is 22.0. The van der Waals surface area contributed by atoms with Crippen molar-refractivity contribution in [1.29, 1.82) is 0 Å². The maximum Gasteiger partial charge on any atom is 0.213 e. The molecule has 0 bridgehead atoms. The minimum absolute atomic E-state index is 0.00347. The third kappa shape index (κ3) is 7.17. The van der Waals surface area contributed by atoms with E-state index in [1.54, 1.807) is 0 Å². The number of para-hydroxylation sites is 1. The Hall–Kier alpha value is -1.84. The first-order valence-corrected chi connectivity index (χ1v) is 12.1. The van der Waals surface area contributed by atoms with E-state index in [1.165, 1.54) is 5.56 Å². The molecule has 0 spiro atoms. The SMILES string of the molecule is CCNC(=NCC1Cc2ccccc2O1)NCCS(=O)(=O)NCC1CCCCO1. The summed E-state index contributed by atoms with van der Waals surface area (Å²) in [5, 5.41) is 6.24. The molecule has 1 fully saturated rings. The highest BCUT2D eigenvalue weighted by Gasteiger charge is 2.22. The Morgan fingerprint density at radius 3 is 2.83 bits per heavy atom. The number of nitrogens with one attached hydrogen (secondary N) is 3. The Labute approximate surface area is 173 Å². The number of nitrogens with zero attached hydrogens (tertiary/aromatic N) is 1. The lowest BCUT2D eigenvalue weighted by molar-refractivity contribution is 0.0200. The molecule has 0 aliphatic carbocycles. The molecule has 0 aromatic heterocycles. The monoisotopic (exact) mass is 424 g/mol. The van der Waals surface area contributed by atoms with Crippen molar-refractivity contribution in [3.8, 4) is 5.75 Å². The fraction of sp³-hybridized carbons (Fsp3) is 0.650. The standard InChI is InChI=1S/C20H32N4O4S/c1-2-21-20(23-14-18-13-16-7-3-4-9-19(16)28-18)22-10-12-29(25,26)24-15-17-8-5-6-11-27-17/h3-4,7,9,17-18,24H,2,5-6,8,10-15H2,1H3,(H2,21,22,23). The first-order valence-electron chi connectivity index (χ1n) is 10.4. The molecule has 2 aliphatic rings. The minimum atomic E-state index is -3.36. The fourth-order valence-electron chi connectivity index (χ4n) is 3.45. The van der Waals surface area contributed by atoms with Gasteiger partial charge in [0.05, 0.1) is 18.4 Å². The van der Waals surface area contributed by atoms with Gasteiger partial charge in [-0.25, -0.2) is 18.1 Å². The number of aliphatic imine (C=N–C) groups is 1. The summed E-state index contributed by atoms with van der Waals surface area (Å²) in [4.78, 5) is 4.55. The summed E-state index contributed by atoms with van der Waals surface area (Å²) in [5.41, 5.74) is 1.20. The third-order valence-electron chi connectivity index (χ3n) is 4.98. The van der Waals surface area contributed by atoms with Crippen LogP contribution in [0.2, 0.25) is 0 Å². The number of benzene rings is 1. The summed E-state index contributed by atoms with van der Waals surface area (Å²) < 4.78 is 38.6. The van der Waals surface area contributed by atoms with Crippen LogP contribution in [0.15, 0.2) is 29.3 Å². The van der Waals surface area contributed by atoms with Crippen LogP contribution in [-0.4, -0.2) is 65.1 Å². The lowest BCUT2D eigenvalue weighted by atomic mass is 10.1. The second-order valence-corrected chi connectivity index (χ2v) is 9.28. The summed E-state index contributed by atoms with van der Waals surface area (Å²) in [6.07, 6.45) is 3.88. The van der Waals surface area contributed by atoms with Crippen LogP contribution < -0.4 is 20.1 Å². The predicted octanol–water partition coefficient (Wildman–Crippen LogP) is 1.03. The van der Waals surface area contributed by atoms with Crippen LogP contribution >= 0.6 is 0 Å². The van der Waals surface area contributed by atoms with E-state index in [9.17, 15) is 8.42 Å². The molecule has 0 saturated carbocycles. The van der Waals surface area contributed by atoms with Gasteiger partial charge in [-0.1, -0.05) is 18.2 Å². The molecule has 9 heteroatoms. The van der Waals surface area contributed by atoms with Crippen molar-refractivity contribution >= 4 is 16.0 Å². The van der Waals surface area contributed by atoms with E-state index >= 15 is 0 Å². The highest BCUT2D eigenvalue weighted by Crippen LogP contribution is 2.28. The molecule has 0 amide bonds. The largest absolute Gasteiger partial charge is 0.488 e. The Morgan fingerprint density at radius 1 is 1.21 bits per heavy atom. The van der Waals surface area contributed by atoms with Crippen LogP contribution in [0.4, 0.5) is 0 Å². The predicted molar refractivity (Wildman–Crippen MR) is 114 cm³/mol. The molecule has 1 aromatic carbocycles. The van der Waals surface area contributed by atoms with E-state index < -0.39 is 10.0 Å². The molecular weight excluding hydrogens is 392 g/mol. The van der Waals surface area contributed by atoms with Crippen LogP contribution in [0, 0.1) is 0 Å². The summed E-state index contributed by atoms with van der Waals surface area (Å²) in [6.45, 7) is 4.51. The zero-order valence-electron chi connectivity index (χ0n) is 17.0. The van der Waals surface area contributed by atoms with E-state index in [0.29, 0.717) is 32.2 Å². The highest BCUT2D eigenvalue weighted by molar-refractivity contribution is 7.89. The van der Waals surface area contributed by atoms with Crippen LogP contribution in [-0.2, 0) is 21.2 Å². The summed E-state index contributed by atoms with van der Waals surface area (Å²) in [5.74, 6) is 1.50. The van der Waals surface area contributed by atoms with E-state index in [-0.39, 0.29) is 24.5 Å². The number of rotatable bonds is 9. The lowest BCUT2D eigenvalue weighted by Gasteiger charge is -2.22. The number of sulfonamides is 1. The third-order valence-corrected chi connectivity index (χ3v) is 6.33. The Kier molecular flexibility index (Phi) is 8.14. The molecule has 2 atom stereocenters. The van der Waals surface area contributed by atoms with Gasteiger partial charge in [0, 0.05) is 32.7 Å². The van der Waals surface area contributed by atoms with Gasteiger partial charge in [-0.3, -0.25) is 0 Å². The van der Waals surface area contributed by atoms with Crippen LogP contribution in [0.1, 0.15) is 31.7 Å². The molecule has 29 heavy (non-hydrogen) atoms. The Balaban J connectivity index is 1.41. The second-order valence-electron chi connectivity index (χ2n) is 7.35. The van der Waals surface area contributed by atoms with E-state index in [4.69, 9.17) is 9.47 Å². The maximum absolute atomic E-state index is 12.2. The van der Waals surface area contributed by atoms with E-state index in [2.05, 4.69) is 26.4 Å². The zero-order chi connectivity index (χ0) is 20.5. The molecule has 1 aromatic rings. The molecule has 2 aliphatic heterocycles. The van der Waals surface area contributed by atoms with Gasteiger partial charge < -0.3 is 20.1 Å².